The van der Waals surface area contributed by atoms with Gasteiger partial charge in [0.25, 0.3) is 5.91 Å². The Morgan fingerprint density at radius 1 is 1.03 bits per heavy atom. The summed E-state index contributed by atoms with van der Waals surface area (Å²) < 4.78 is 0. The Morgan fingerprint density at radius 2 is 1.73 bits per heavy atom. The van der Waals surface area contributed by atoms with Crippen molar-refractivity contribution in [3.05, 3.63) is 83.1 Å². The highest BCUT2D eigenvalue weighted by Crippen LogP contribution is 2.38. The number of aromatic nitrogens is 1. The molecule has 2 heterocycles. The van der Waals surface area contributed by atoms with Crippen molar-refractivity contribution in [1.29, 1.82) is 0 Å². The SMILES string of the molecule is CN(C)CC(=O)N(C)c1ccc(N/C(=C2\C(=O)Nc3cc(Cl)ccc32)c2ccncc2)cc1. The predicted octanol–water partition coefficient (Wildman–Crippen LogP) is 4.19. The number of nitrogens with one attached hydrogen (secondary N) is 2. The van der Waals surface area contributed by atoms with E-state index >= 15 is 0 Å². The van der Waals surface area contributed by atoms with Crippen LogP contribution in [0.25, 0.3) is 11.3 Å². The van der Waals surface area contributed by atoms with Crippen LogP contribution in [-0.2, 0) is 9.59 Å². The van der Waals surface area contributed by atoms with Crippen molar-refractivity contribution in [3.63, 3.8) is 0 Å². The molecule has 7 nitrogen and oxygen atoms in total. The third-order valence-electron chi connectivity index (χ3n) is 5.29. The summed E-state index contributed by atoms with van der Waals surface area (Å²) in [5, 5.41) is 6.84. The van der Waals surface area contributed by atoms with Crippen LogP contribution < -0.4 is 15.5 Å². The second kappa shape index (κ2) is 9.44. The van der Waals surface area contributed by atoms with Crippen LogP contribution in [-0.4, -0.2) is 49.4 Å². The van der Waals surface area contributed by atoms with E-state index in [4.69, 9.17) is 11.6 Å². The zero-order chi connectivity index (χ0) is 23.5. The van der Waals surface area contributed by atoms with E-state index in [0.29, 0.717) is 28.5 Å². The van der Waals surface area contributed by atoms with E-state index in [1.165, 1.54) is 0 Å². The molecule has 0 unspecified atom stereocenters. The predicted molar refractivity (Wildman–Crippen MR) is 133 cm³/mol. The highest BCUT2D eigenvalue weighted by atomic mass is 35.5. The second-order valence-electron chi connectivity index (χ2n) is 7.99. The van der Waals surface area contributed by atoms with Crippen LogP contribution in [0.3, 0.4) is 0 Å². The third kappa shape index (κ3) is 4.89. The van der Waals surface area contributed by atoms with Gasteiger partial charge in [0.15, 0.2) is 0 Å². The van der Waals surface area contributed by atoms with E-state index in [0.717, 1.165) is 22.5 Å². The van der Waals surface area contributed by atoms with E-state index in [2.05, 4.69) is 15.6 Å². The lowest BCUT2D eigenvalue weighted by Crippen LogP contribution is -2.34. The van der Waals surface area contributed by atoms with E-state index < -0.39 is 0 Å². The quantitative estimate of drug-likeness (QED) is 0.538. The van der Waals surface area contributed by atoms with Gasteiger partial charge in [-0.1, -0.05) is 17.7 Å². The molecule has 33 heavy (non-hydrogen) atoms. The van der Waals surface area contributed by atoms with Crippen molar-refractivity contribution < 1.29 is 9.59 Å². The minimum Gasteiger partial charge on any atom is -0.354 e. The number of benzene rings is 2. The van der Waals surface area contributed by atoms with Crippen LogP contribution in [0.1, 0.15) is 11.1 Å². The molecular weight excluding hydrogens is 438 g/mol. The van der Waals surface area contributed by atoms with Crippen molar-refractivity contribution in [3.8, 4) is 0 Å². The van der Waals surface area contributed by atoms with Gasteiger partial charge in [-0.25, -0.2) is 0 Å². The average molecular weight is 462 g/mol. The first-order valence-corrected chi connectivity index (χ1v) is 10.8. The number of likely N-dealkylation sites (N-methyl/N-ethyl adjacent to an activating group) is 2. The molecule has 2 amide bonds. The van der Waals surface area contributed by atoms with E-state index in [9.17, 15) is 9.59 Å². The molecule has 1 aromatic heterocycles. The van der Waals surface area contributed by atoms with Gasteiger partial charge in [0.05, 0.1) is 23.5 Å². The second-order valence-corrected chi connectivity index (χ2v) is 8.43. The summed E-state index contributed by atoms with van der Waals surface area (Å²) in [5.74, 6) is -0.213. The van der Waals surface area contributed by atoms with Gasteiger partial charge in [-0.05, 0) is 62.6 Å². The van der Waals surface area contributed by atoms with E-state index in [1.807, 2.05) is 61.5 Å². The summed E-state index contributed by atoms with van der Waals surface area (Å²) in [4.78, 5) is 32.8. The number of pyridine rings is 1. The molecule has 1 aliphatic heterocycles. The Morgan fingerprint density at radius 3 is 2.39 bits per heavy atom. The highest BCUT2D eigenvalue weighted by Gasteiger charge is 2.28. The van der Waals surface area contributed by atoms with Crippen LogP contribution >= 0.6 is 11.6 Å². The first kappa shape index (κ1) is 22.5. The smallest absolute Gasteiger partial charge is 0.258 e. The van der Waals surface area contributed by atoms with Crippen molar-refractivity contribution in [2.45, 2.75) is 0 Å². The number of anilines is 3. The summed E-state index contributed by atoms with van der Waals surface area (Å²) in [6.45, 7) is 0.327. The largest absolute Gasteiger partial charge is 0.354 e. The topological polar surface area (TPSA) is 77.6 Å². The molecular formula is C25H24ClN5O2. The van der Waals surface area contributed by atoms with Crippen molar-refractivity contribution >= 4 is 51.7 Å². The summed E-state index contributed by atoms with van der Waals surface area (Å²) in [6.07, 6.45) is 3.36. The van der Waals surface area contributed by atoms with Crippen LogP contribution in [0.5, 0.6) is 0 Å². The first-order valence-electron chi connectivity index (χ1n) is 10.4. The normalized spacial score (nSPS) is 14.0. The summed E-state index contributed by atoms with van der Waals surface area (Å²) >= 11 is 6.11. The van der Waals surface area contributed by atoms with E-state index in [-0.39, 0.29) is 11.8 Å². The van der Waals surface area contributed by atoms with E-state index in [1.54, 1.807) is 36.5 Å². The molecule has 0 aliphatic carbocycles. The fourth-order valence-corrected chi connectivity index (χ4v) is 3.80. The van der Waals surface area contributed by atoms with Gasteiger partial charge in [0.2, 0.25) is 5.91 Å². The summed E-state index contributed by atoms with van der Waals surface area (Å²) in [6, 6.07) is 16.5. The number of hydrogen-bond donors (Lipinski definition) is 2. The van der Waals surface area contributed by atoms with Crippen LogP contribution in [0.2, 0.25) is 5.02 Å². The van der Waals surface area contributed by atoms with Crippen LogP contribution in [0.15, 0.2) is 67.0 Å². The molecule has 3 aromatic rings. The van der Waals surface area contributed by atoms with Gasteiger partial charge in [-0.3, -0.25) is 14.6 Å². The molecule has 2 aromatic carbocycles. The van der Waals surface area contributed by atoms with Gasteiger partial charge in [-0.2, -0.15) is 0 Å². The maximum Gasteiger partial charge on any atom is 0.258 e. The zero-order valence-corrected chi connectivity index (χ0v) is 19.3. The fraction of sp³-hybridized carbons (Fsp3) is 0.160. The monoisotopic (exact) mass is 461 g/mol. The van der Waals surface area contributed by atoms with Gasteiger partial charge in [0.1, 0.15) is 0 Å². The Bertz CT molecular complexity index is 1220. The molecule has 0 fully saturated rings. The Labute approximate surface area is 197 Å². The van der Waals surface area contributed by atoms with Gasteiger partial charge in [-0.15, -0.1) is 0 Å². The Balaban J connectivity index is 1.70. The number of carbonyl (C=O) groups is 2. The van der Waals surface area contributed by atoms with Crippen molar-refractivity contribution in [2.24, 2.45) is 0 Å². The number of fused-ring (bicyclic) bond motifs is 1. The molecule has 2 N–H and O–H groups in total. The highest BCUT2D eigenvalue weighted by molar-refractivity contribution is 6.38. The van der Waals surface area contributed by atoms with Gasteiger partial charge in [0, 0.05) is 47.0 Å². The van der Waals surface area contributed by atoms with Crippen molar-refractivity contribution in [2.75, 3.05) is 43.2 Å². The molecule has 0 bridgehead atoms. The fourth-order valence-electron chi connectivity index (χ4n) is 3.62. The minimum atomic E-state index is -0.211. The van der Waals surface area contributed by atoms with Crippen LogP contribution in [0.4, 0.5) is 17.1 Å². The molecule has 0 atom stereocenters. The summed E-state index contributed by atoms with van der Waals surface area (Å²) in [5.41, 5.74) is 5.00. The lowest BCUT2D eigenvalue weighted by molar-refractivity contribution is -0.119. The molecule has 0 saturated carbocycles. The molecule has 1 aliphatic rings. The maximum atomic E-state index is 12.9. The zero-order valence-electron chi connectivity index (χ0n) is 18.6. The summed E-state index contributed by atoms with van der Waals surface area (Å²) in [7, 11) is 5.47. The van der Waals surface area contributed by atoms with Crippen LogP contribution in [0, 0.1) is 0 Å². The molecule has 0 radical (unpaired) electrons. The molecule has 168 valence electrons. The maximum absolute atomic E-state index is 12.9. The molecule has 4 rings (SSSR count). The third-order valence-corrected chi connectivity index (χ3v) is 5.53. The minimum absolute atomic E-state index is 0.00167. The lowest BCUT2D eigenvalue weighted by atomic mass is 10.0. The molecule has 0 saturated heterocycles. The number of carbonyl (C=O) groups excluding carboxylic acids is 2. The standard InChI is InChI=1S/C25H24ClN5O2/c1-30(2)15-22(32)31(3)19-7-5-18(6-8-19)28-24(16-10-12-27-13-11-16)23-20-9-4-17(26)14-21(20)29-25(23)33/h4-14,28H,15H2,1-3H3,(H,29,33)/b24-23-. The van der Waals surface area contributed by atoms with Gasteiger partial charge >= 0.3 is 0 Å². The lowest BCUT2D eigenvalue weighted by Gasteiger charge is -2.20. The van der Waals surface area contributed by atoms with Crippen molar-refractivity contribution in [1.82, 2.24) is 9.88 Å². The number of hydrogen-bond acceptors (Lipinski definition) is 5. The van der Waals surface area contributed by atoms with Gasteiger partial charge < -0.3 is 20.4 Å². The average Bonchev–Trinajstić information content (AvgIpc) is 3.12. The Kier molecular flexibility index (Phi) is 6.44. The molecule has 8 heteroatoms. The number of amides is 2. The first-order chi connectivity index (χ1) is 15.8. The number of nitrogens with zero attached hydrogens (tertiary/aromatic N) is 3. The number of rotatable bonds is 6. The number of halogens is 1. The molecule has 0 spiro atoms. The Hall–Kier alpha value is -3.68.